The van der Waals surface area contributed by atoms with Gasteiger partial charge >= 0.3 is 0 Å². The van der Waals surface area contributed by atoms with Crippen LogP contribution in [0.15, 0.2) is 34.0 Å². The molecule has 1 aromatic carbocycles. The SMILES string of the molecule is CCCc1ccc(C(CSc2nc(C)cs2)NC)cc1. The molecular formula is C16H22N2S2. The lowest BCUT2D eigenvalue weighted by molar-refractivity contribution is 0.661. The predicted molar refractivity (Wildman–Crippen MR) is 89.8 cm³/mol. The number of thioether (sulfide) groups is 1. The first-order chi connectivity index (χ1) is 9.72. The highest BCUT2D eigenvalue weighted by atomic mass is 32.2. The Balaban J connectivity index is 1.96. The van der Waals surface area contributed by atoms with E-state index < -0.39 is 0 Å². The van der Waals surface area contributed by atoms with Crippen molar-refractivity contribution in [3.05, 3.63) is 46.5 Å². The van der Waals surface area contributed by atoms with E-state index in [2.05, 4.69) is 46.9 Å². The molecule has 4 heteroatoms. The minimum absolute atomic E-state index is 0.375. The van der Waals surface area contributed by atoms with Gasteiger partial charge in [0.05, 0.1) is 0 Å². The normalized spacial score (nSPS) is 12.6. The lowest BCUT2D eigenvalue weighted by Gasteiger charge is -2.16. The number of benzene rings is 1. The number of rotatable bonds is 7. The summed E-state index contributed by atoms with van der Waals surface area (Å²) in [4.78, 5) is 4.50. The van der Waals surface area contributed by atoms with Crippen LogP contribution in [0.25, 0.3) is 0 Å². The Morgan fingerprint density at radius 2 is 2.05 bits per heavy atom. The van der Waals surface area contributed by atoms with Gasteiger partial charge in [-0.2, -0.15) is 0 Å². The first-order valence-electron chi connectivity index (χ1n) is 7.04. The van der Waals surface area contributed by atoms with E-state index in [1.165, 1.54) is 17.5 Å². The van der Waals surface area contributed by atoms with E-state index in [1.807, 2.05) is 25.7 Å². The monoisotopic (exact) mass is 306 g/mol. The van der Waals surface area contributed by atoms with Gasteiger partial charge in [-0.25, -0.2) is 4.98 Å². The van der Waals surface area contributed by atoms with Gasteiger partial charge in [0.2, 0.25) is 0 Å². The van der Waals surface area contributed by atoms with Gasteiger partial charge in [0, 0.05) is 22.9 Å². The molecule has 0 amide bonds. The van der Waals surface area contributed by atoms with Crippen LogP contribution >= 0.6 is 23.1 Å². The molecule has 2 aromatic rings. The topological polar surface area (TPSA) is 24.9 Å². The Bertz CT molecular complexity index is 520. The maximum absolute atomic E-state index is 4.50. The molecule has 0 spiro atoms. The van der Waals surface area contributed by atoms with E-state index in [1.54, 1.807) is 11.3 Å². The van der Waals surface area contributed by atoms with E-state index in [-0.39, 0.29) is 0 Å². The second kappa shape index (κ2) is 7.81. The number of hydrogen-bond donors (Lipinski definition) is 1. The van der Waals surface area contributed by atoms with Gasteiger partial charge in [-0.05, 0) is 31.5 Å². The first kappa shape index (κ1) is 15.5. The lowest BCUT2D eigenvalue weighted by atomic mass is 10.0. The van der Waals surface area contributed by atoms with Gasteiger partial charge in [0.1, 0.15) is 4.34 Å². The second-order valence-corrected chi connectivity index (χ2v) is 7.02. The predicted octanol–water partition coefficient (Wildman–Crippen LogP) is 4.46. The molecule has 20 heavy (non-hydrogen) atoms. The van der Waals surface area contributed by atoms with Gasteiger partial charge in [-0.1, -0.05) is 49.4 Å². The van der Waals surface area contributed by atoms with E-state index in [9.17, 15) is 0 Å². The fraction of sp³-hybridized carbons (Fsp3) is 0.438. The number of hydrogen-bond acceptors (Lipinski definition) is 4. The average Bonchev–Trinajstić information content (AvgIpc) is 2.87. The van der Waals surface area contributed by atoms with Crippen molar-refractivity contribution in [3.8, 4) is 0 Å². The molecule has 0 saturated heterocycles. The summed E-state index contributed by atoms with van der Waals surface area (Å²) in [5.41, 5.74) is 3.89. The van der Waals surface area contributed by atoms with Crippen LogP contribution in [0.5, 0.6) is 0 Å². The van der Waals surface area contributed by atoms with Crippen molar-refractivity contribution in [2.45, 2.75) is 37.1 Å². The minimum atomic E-state index is 0.375. The standard InChI is InChI=1S/C16H22N2S2/c1-4-5-13-6-8-14(9-7-13)15(17-3)11-20-16-18-12(2)10-19-16/h6-10,15,17H,4-5,11H2,1-3H3. The lowest BCUT2D eigenvalue weighted by Crippen LogP contribution is -2.18. The van der Waals surface area contributed by atoms with Crippen LogP contribution in [0.2, 0.25) is 0 Å². The molecule has 2 rings (SSSR count). The summed E-state index contributed by atoms with van der Waals surface area (Å²) in [5.74, 6) is 1.01. The Labute approximate surface area is 130 Å². The van der Waals surface area contributed by atoms with E-state index in [0.717, 1.165) is 22.2 Å². The Morgan fingerprint density at radius 3 is 2.60 bits per heavy atom. The van der Waals surface area contributed by atoms with Crippen LogP contribution < -0.4 is 5.32 Å². The summed E-state index contributed by atoms with van der Waals surface area (Å²) >= 11 is 3.56. The zero-order valence-corrected chi connectivity index (χ0v) is 14.0. The Hall–Kier alpha value is -0.840. The molecular weight excluding hydrogens is 284 g/mol. The van der Waals surface area contributed by atoms with Crippen LogP contribution in [0.1, 0.15) is 36.2 Å². The zero-order chi connectivity index (χ0) is 14.4. The van der Waals surface area contributed by atoms with Gasteiger partial charge < -0.3 is 5.32 Å². The molecule has 1 N–H and O–H groups in total. The smallest absolute Gasteiger partial charge is 0.150 e. The molecule has 0 aliphatic carbocycles. The van der Waals surface area contributed by atoms with E-state index >= 15 is 0 Å². The van der Waals surface area contributed by atoms with E-state index in [4.69, 9.17) is 0 Å². The number of thiazole rings is 1. The van der Waals surface area contributed by atoms with Gasteiger partial charge in [-0.3, -0.25) is 0 Å². The molecule has 0 bridgehead atoms. The highest BCUT2D eigenvalue weighted by molar-refractivity contribution is 8.01. The van der Waals surface area contributed by atoms with Crippen LogP contribution in [0.3, 0.4) is 0 Å². The zero-order valence-electron chi connectivity index (χ0n) is 12.3. The van der Waals surface area contributed by atoms with Crippen molar-refractivity contribution >= 4 is 23.1 Å². The molecule has 0 saturated carbocycles. The maximum atomic E-state index is 4.50. The molecule has 0 radical (unpaired) electrons. The maximum Gasteiger partial charge on any atom is 0.150 e. The summed E-state index contributed by atoms with van der Waals surface area (Å²) in [5, 5.41) is 5.51. The summed E-state index contributed by atoms with van der Waals surface area (Å²) in [6, 6.07) is 9.38. The van der Waals surface area contributed by atoms with E-state index in [0.29, 0.717) is 6.04 Å². The number of aromatic nitrogens is 1. The van der Waals surface area contributed by atoms with Crippen molar-refractivity contribution in [3.63, 3.8) is 0 Å². The van der Waals surface area contributed by atoms with Crippen LogP contribution in [0.4, 0.5) is 0 Å². The molecule has 1 atom stereocenters. The highest BCUT2D eigenvalue weighted by Gasteiger charge is 2.11. The molecule has 0 aliphatic rings. The minimum Gasteiger partial charge on any atom is -0.312 e. The van der Waals surface area contributed by atoms with Crippen LogP contribution in [0, 0.1) is 6.92 Å². The van der Waals surface area contributed by atoms with Crippen molar-refractivity contribution in [2.24, 2.45) is 0 Å². The third-order valence-electron chi connectivity index (χ3n) is 3.24. The molecule has 1 aromatic heterocycles. The third kappa shape index (κ3) is 4.33. The van der Waals surface area contributed by atoms with Gasteiger partial charge in [-0.15, -0.1) is 11.3 Å². The van der Waals surface area contributed by atoms with Crippen LogP contribution in [-0.2, 0) is 6.42 Å². The summed E-state index contributed by atoms with van der Waals surface area (Å²) in [7, 11) is 2.03. The fourth-order valence-electron chi connectivity index (χ4n) is 2.10. The average molecular weight is 306 g/mol. The number of nitrogens with one attached hydrogen (secondary N) is 1. The number of aryl methyl sites for hydroxylation is 2. The third-order valence-corrected chi connectivity index (χ3v) is 5.47. The van der Waals surface area contributed by atoms with Gasteiger partial charge in [0.25, 0.3) is 0 Å². The van der Waals surface area contributed by atoms with Crippen molar-refractivity contribution in [2.75, 3.05) is 12.8 Å². The largest absolute Gasteiger partial charge is 0.312 e. The first-order valence-corrected chi connectivity index (χ1v) is 8.90. The molecule has 108 valence electrons. The summed E-state index contributed by atoms with van der Waals surface area (Å²) in [6.07, 6.45) is 2.37. The van der Waals surface area contributed by atoms with Crippen molar-refractivity contribution < 1.29 is 0 Å². The van der Waals surface area contributed by atoms with Crippen LogP contribution in [-0.4, -0.2) is 17.8 Å². The Kier molecular flexibility index (Phi) is 6.07. The number of nitrogens with zero attached hydrogens (tertiary/aromatic N) is 1. The van der Waals surface area contributed by atoms with Crippen molar-refractivity contribution in [1.29, 1.82) is 0 Å². The fourth-order valence-corrected chi connectivity index (χ4v) is 4.12. The summed E-state index contributed by atoms with van der Waals surface area (Å²) < 4.78 is 1.16. The summed E-state index contributed by atoms with van der Waals surface area (Å²) in [6.45, 7) is 4.26. The quantitative estimate of drug-likeness (QED) is 0.765. The molecule has 1 unspecified atom stereocenters. The highest BCUT2D eigenvalue weighted by Crippen LogP contribution is 2.27. The molecule has 0 aliphatic heterocycles. The second-order valence-electron chi connectivity index (χ2n) is 4.90. The Morgan fingerprint density at radius 1 is 1.30 bits per heavy atom. The molecule has 1 heterocycles. The molecule has 0 fully saturated rings. The van der Waals surface area contributed by atoms with Gasteiger partial charge in [0.15, 0.2) is 0 Å². The van der Waals surface area contributed by atoms with Crippen molar-refractivity contribution in [1.82, 2.24) is 10.3 Å². The molecule has 2 nitrogen and oxygen atoms in total.